The number of rotatable bonds is 7. The average Bonchev–Trinajstić information content (AvgIpc) is 2.64. The summed E-state index contributed by atoms with van der Waals surface area (Å²) in [5.74, 6) is 0.532. The lowest BCUT2D eigenvalue weighted by atomic mass is 9.98. The molecule has 17 heavy (non-hydrogen) atoms. The quantitative estimate of drug-likeness (QED) is 0.706. The van der Waals surface area contributed by atoms with Gasteiger partial charge in [0, 0.05) is 23.9 Å². The number of likely N-dealkylation sites (N-methyl/N-ethyl adjacent to an activating group) is 1. The molecule has 3 N–H and O–H groups in total. The highest BCUT2D eigenvalue weighted by molar-refractivity contribution is 7.99. The molecule has 1 aromatic heterocycles. The number of nitrogens with zero attached hydrogens (tertiary/aromatic N) is 2. The van der Waals surface area contributed by atoms with E-state index in [2.05, 4.69) is 10.4 Å². The van der Waals surface area contributed by atoms with Crippen molar-refractivity contribution < 1.29 is 4.79 Å². The zero-order valence-electron chi connectivity index (χ0n) is 10.6. The van der Waals surface area contributed by atoms with E-state index in [1.807, 2.05) is 33.3 Å². The van der Waals surface area contributed by atoms with Crippen molar-refractivity contribution in [1.82, 2.24) is 15.1 Å². The molecular formula is C11H20N4OS. The molecule has 0 saturated heterocycles. The summed E-state index contributed by atoms with van der Waals surface area (Å²) in [6, 6.07) is 0. The monoisotopic (exact) mass is 256 g/mol. The van der Waals surface area contributed by atoms with Gasteiger partial charge >= 0.3 is 0 Å². The van der Waals surface area contributed by atoms with Gasteiger partial charge in [-0.15, -0.1) is 11.8 Å². The predicted molar refractivity (Wildman–Crippen MR) is 69.8 cm³/mol. The van der Waals surface area contributed by atoms with Crippen molar-refractivity contribution in [2.75, 3.05) is 12.3 Å². The first-order valence-corrected chi connectivity index (χ1v) is 6.63. The molecule has 96 valence electrons. The molecule has 1 atom stereocenters. The normalized spacial score (nSPS) is 14.5. The van der Waals surface area contributed by atoms with Gasteiger partial charge in [0.25, 0.3) is 0 Å². The fourth-order valence-corrected chi connectivity index (χ4v) is 2.63. The van der Waals surface area contributed by atoms with Gasteiger partial charge in [0.15, 0.2) is 0 Å². The van der Waals surface area contributed by atoms with E-state index in [0.717, 1.165) is 17.2 Å². The molecule has 0 radical (unpaired) electrons. The summed E-state index contributed by atoms with van der Waals surface area (Å²) in [4.78, 5) is 12.5. The van der Waals surface area contributed by atoms with E-state index in [4.69, 9.17) is 5.73 Å². The summed E-state index contributed by atoms with van der Waals surface area (Å²) in [7, 11) is 1.89. The number of carbonyl (C=O) groups excluding carboxylic acids is 1. The fraction of sp³-hybridized carbons (Fsp3) is 0.636. The summed E-state index contributed by atoms with van der Waals surface area (Å²) in [6.07, 6.45) is 4.48. The molecule has 1 amide bonds. The highest BCUT2D eigenvalue weighted by Crippen LogP contribution is 2.21. The Morgan fingerprint density at radius 1 is 1.71 bits per heavy atom. The van der Waals surface area contributed by atoms with Gasteiger partial charge in [0.2, 0.25) is 5.91 Å². The lowest BCUT2D eigenvalue weighted by Gasteiger charge is -2.26. The van der Waals surface area contributed by atoms with Gasteiger partial charge in [-0.3, -0.25) is 9.48 Å². The highest BCUT2D eigenvalue weighted by atomic mass is 32.2. The zero-order valence-corrected chi connectivity index (χ0v) is 11.4. The van der Waals surface area contributed by atoms with Crippen molar-refractivity contribution >= 4 is 17.7 Å². The molecule has 6 heteroatoms. The van der Waals surface area contributed by atoms with Crippen molar-refractivity contribution in [3.63, 3.8) is 0 Å². The molecule has 1 heterocycles. The van der Waals surface area contributed by atoms with Crippen LogP contribution in [-0.2, 0) is 11.8 Å². The second-order valence-electron chi connectivity index (χ2n) is 4.17. The number of carbonyl (C=O) groups is 1. The van der Waals surface area contributed by atoms with Crippen molar-refractivity contribution in [2.45, 2.75) is 30.7 Å². The maximum absolute atomic E-state index is 11.4. The first-order chi connectivity index (χ1) is 7.98. The zero-order chi connectivity index (χ0) is 12.9. The lowest BCUT2D eigenvalue weighted by Crippen LogP contribution is -2.53. The van der Waals surface area contributed by atoms with Crippen LogP contribution in [0.4, 0.5) is 0 Å². The number of thioether (sulfide) groups is 1. The van der Waals surface area contributed by atoms with Crippen molar-refractivity contribution in [3.05, 3.63) is 12.4 Å². The van der Waals surface area contributed by atoms with Crippen LogP contribution in [0.2, 0.25) is 0 Å². The average molecular weight is 256 g/mol. The van der Waals surface area contributed by atoms with Crippen LogP contribution in [0.1, 0.15) is 20.3 Å². The van der Waals surface area contributed by atoms with Crippen LogP contribution >= 0.6 is 11.8 Å². The summed E-state index contributed by atoms with van der Waals surface area (Å²) < 4.78 is 1.76. The van der Waals surface area contributed by atoms with Gasteiger partial charge in [-0.05, 0) is 19.9 Å². The van der Waals surface area contributed by atoms with E-state index < -0.39 is 5.54 Å². The lowest BCUT2D eigenvalue weighted by molar-refractivity contribution is -0.123. The maximum atomic E-state index is 11.4. The van der Waals surface area contributed by atoms with Gasteiger partial charge in [-0.25, -0.2) is 0 Å². The first-order valence-electron chi connectivity index (χ1n) is 5.64. The van der Waals surface area contributed by atoms with Gasteiger partial charge < -0.3 is 11.1 Å². The van der Waals surface area contributed by atoms with Crippen LogP contribution in [0, 0.1) is 0 Å². The molecule has 1 unspecified atom stereocenters. The number of aryl methyl sites for hydroxylation is 1. The number of nitrogens with two attached hydrogens (primary N) is 1. The van der Waals surface area contributed by atoms with Crippen LogP contribution in [0.5, 0.6) is 0 Å². The summed E-state index contributed by atoms with van der Waals surface area (Å²) in [5.41, 5.74) is 4.79. The number of nitrogens with one attached hydrogen (secondary N) is 1. The maximum Gasteiger partial charge on any atom is 0.237 e. The van der Waals surface area contributed by atoms with Gasteiger partial charge in [-0.2, -0.15) is 5.10 Å². The third kappa shape index (κ3) is 4.05. The molecule has 0 spiro atoms. The number of hydrogen-bond donors (Lipinski definition) is 2. The molecule has 0 aliphatic rings. The van der Waals surface area contributed by atoms with E-state index in [1.165, 1.54) is 0 Å². The van der Waals surface area contributed by atoms with E-state index >= 15 is 0 Å². The number of amides is 1. The molecular weight excluding hydrogens is 236 g/mol. The Morgan fingerprint density at radius 3 is 2.88 bits per heavy atom. The van der Waals surface area contributed by atoms with Crippen LogP contribution in [0.15, 0.2) is 17.3 Å². The molecule has 1 aromatic rings. The van der Waals surface area contributed by atoms with Crippen LogP contribution < -0.4 is 11.1 Å². The topological polar surface area (TPSA) is 72.9 Å². The minimum absolute atomic E-state index is 0.300. The molecule has 0 fully saturated rings. The Hall–Kier alpha value is -1.01. The minimum Gasteiger partial charge on any atom is -0.368 e. The van der Waals surface area contributed by atoms with Gasteiger partial charge in [-0.1, -0.05) is 6.92 Å². The molecule has 1 rings (SSSR count). The predicted octanol–water partition coefficient (Wildman–Crippen LogP) is 0.756. The fourth-order valence-electron chi connectivity index (χ4n) is 1.54. The number of aromatic nitrogens is 2. The molecule has 0 aliphatic carbocycles. The Labute approximate surface area is 106 Å². The first kappa shape index (κ1) is 14.1. The van der Waals surface area contributed by atoms with E-state index in [1.54, 1.807) is 16.4 Å². The summed E-state index contributed by atoms with van der Waals surface area (Å²) in [6.45, 7) is 4.55. The Balaban J connectivity index is 2.45. The van der Waals surface area contributed by atoms with Crippen LogP contribution in [0.3, 0.4) is 0 Å². The largest absolute Gasteiger partial charge is 0.368 e. The molecule has 0 bridgehead atoms. The summed E-state index contributed by atoms with van der Waals surface area (Å²) in [5, 5.41) is 7.23. The second kappa shape index (κ2) is 6.07. The van der Waals surface area contributed by atoms with Crippen molar-refractivity contribution in [2.24, 2.45) is 12.8 Å². The van der Waals surface area contributed by atoms with E-state index in [-0.39, 0.29) is 5.91 Å². The number of hydrogen-bond acceptors (Lipinski definition) is 4. The summed E-state index contributed by atoms with van der Waals surface area (Å²) >= 11 is 1.68. The van der Waals surface area contributed by atoms with Crippen LogP contribution in [0.25, 0.3) is 0 Å². The highest BCUT2D eigenvalue weighted by Gasteiger charge is 2.29. The van der Waals surface area contributed by atoms with Crippen molar-refractivity contribution in [1.29, 1.82) is 0 Å². The Kier molecular flexibility index (Phi) is 5.02. The smallest absolute Gasteiger partial charge is 0.237 e. The second-order valence-corrected chi connectivity index (χ2v) is 5.34. The van der Waals surface area contributed by atoms with Crippen LogP contribution in [-0.4, -0.2) is 33.5 Å². The molecule has 0 saturated carbocycles. The molecule has 5 nitrogen and oxygen atoms in total. The van der Waals surface area contributed by atoms with E-state index in [0.29, 0.717) is 6.42 Å². The van der Waals surface area contributed by atoms with Crippen molar-refractivity contribution in [3.8, 4) is 0 Å². The third-order valence-electron chi connectivity index (χ3n) is 2.66. The van der Waals surface area contributed by atoms with Gasteiger partial charge in [0.1, 0.15) is 0 Å². The molecule has 0 aromatic carbocycles. The Bertz CT molecular complexity index is 379. The SMILES string of the molecule is CCNC(C)(CCSc1cnn(C)c1)C(N)=O. The third-order valence-corrected chi connectivity index (χ3v) is 3.62. The molecule has 0 aliphatic heterocycles. The van der Waals surface area contributed by atoms with E-state index in [9.17, 15) is 4.79 Å². The number of primary amides is 1. The van der Waals surface area contributed by atoms with Gasteiger partial charge in [0.05, 0.1) is 11.7 Å². The standard InChI is InChI=1S/C11H20N4OS/c1-4-13-11(2,10(12)16)5-6-17-9-7-14-15(3)8-9/h7-8,13H,4-6H2,1-3H3,(H2,12,16). The Morgan fingerprint density at radius 2 is 2.41 bits per heavy atom. The minimum atomic E-state index is -0.621.